The van der Waals surface area contributed by atoms with E-state index in [0.717, 1.165) is 21.2 Å². The Labute approximate surface area is 122 Å². The predicted molar refractivity (Wildman–Crippen MR) is 79.0 cm³/mol. The fourth-order valence-corrected chi connectivity index (χ4v) is 2.49. The highest BCUT2D eigenvalue weighted by Crippen LogP contribution is 2.27. The molecule has 0 aliphatic rings. The van der Waals surface area contributed by atoms with Crippen LogP contribution < -0.4 is 5.73 Å². The summed E-state index contributed by atoms with van der Waals surface area (Å²) in [6, 6.07) is 10.6. The third-order valence-corrected chi connectivity index (χ3v) is 4.32. The Bertz CT molecular complexity index is 533. The molecule has 0 aliphatic heterocycles. The molecule has 0 saturated carbocycles. The van der Waals surface area contributed by atoms with Gasteiger partial charge in [0.25, 0.3) is 0 Å². The molecule has 1 unspecified atom stereocenters. The molecular weight excluding hydrogens is 361 g/mol. The first-order valence-corrected chi connectivity index (χ1v) is 7.04. The van der Waals surface area contributed by atoms with Crippen LogP contribution in [0, 0.1) is 12.7 Å². The van der Waals surface area contributed by atoms with Crippen molar-refractivity contribution in [3.05, 3.63) is 67.9 Å². The summed E-state index contributed by atoms with van der Waals surface area (Å²) in [5.74, 6) is -0.281. The van der Waals surface area contributed by atoms with Crippen LogP contribution in [0.1, 0.15) is 22.7 Å². The van der Waals surface area contributed by atoms with Gasteiger partial charge in [0.2, 0.25) is 0 Å². The van der Waals surface area contributed by atoms with Gasteiger partial charge in [-0.15, -0.1) is 0 Å². The number of hydrogen-bond donors (Lipinski definition) is 1. The summed E-state index contributed by atoms with van der Waals surface area (Å²) in [5.41, 5.74) is 9.21. The Morgan fingerprint density at radius 2 is 1.56 bits per heavy atom. The molecule has 1 nitrogen and oxygen atoms in total. The Morgan fingerprint density at radius 1 is 1.00 bits per heavy atom. The van der Waals surface area contributed by atoms with Gasteiger partial charge in [0.05, 0.1) is 10.5 Å². The molecule has 0 fully saturated rings. The zero-order valence-corrected chi connectivity index (χ0v) is 12.9. The summed E-state index contributed by atoms with van der Waals surface area (Å²) in [7, 11) is 0. The average Bonchev–Trinajstić information content (AvgIpc) is 2.35. The molecule has 0 bridgehead atoms. The van der Waals surface area contributed by atoms with Crippen LogP contribution in [0.3, 0.4) is 0 Å². The zero-order chi connectivity index (χ0) is 13.3. The van der Waals surface area contributed by atoms with Gasteiger partial charge in [0, 0.05) is 4.47 Å². The SMILES string of the molecule is Cc1ccc(C(N)c2ccc(F)c(Br)c2)cc1Br. The van der Waals surface area contributed by atoms with Gasteiger partial charge in [-0.1, -0.05) is 34.1 Å². The van der Waals surface area contributed by atoms with Gasteiger partial charge in [-0.2, -0.15) is 0 Å². The molecule has 18 heavy (non-hydrogen) atoms. The van der Waals surface area contributed by atoms with Crippen LogP contribution in [0.5, 0.6) is 0 Å². The van der Waals surface area contributed by atoms with Crippen LogP contribution in [0.15, 0.2) is 45.3 Å². The Kier molecular flexibility index (Phi) is 4.20. The largest absolute Gasteiger partial charge is 0.320 e. The van der Waals surface area contributed by atoms with Crippen LogP contribution in [0.2, 0.25) is 0 Å². The van der Waals surface area contributed by atoms with Crippen LogP contribution >= 0.6 is 31.9 Å². The molecule has 0 radical (unpaired) electrons. The van der Waals surface area contributed by atoms with Gasteiger partial charge in [0.1, 0.15) is 5.82 Å². The van der Waals surface area contributed by atoms with Crippen LogP contribution in [0.25, 0.3) is 0 Å². The van der Waals surface area contributed by atoms with Crippen molar-refractivity contribution in [1.29, 1.82) is 0 Å². The van der Waals surface area contributed by atoms with Crippen molar-refractivity contribution in [2.75, 3.05) is 0 Å². The van der Waals surface area contributed by atoms with Gasteiger partial charge in [0.15, 0.2) is 0 Å². The van der Waals surface area contributed by atoms with E-state index >= 15 is 0 Å². The normalized spacial score (nSPS) is 12.5. The first-order chi connectivity index (χ1) is 8.49. The van der Waals surface area contributed by atoms with Crippen molar-refractivity contribution in [3.63, 3.8) is 0 Å². The Balaban J connectivity index is 2.37. The lowest BCUT2D eigenvalue weighted by molar-refractivity contribution is 0.619. The summed E-state index contributed by atoms with van der Waals surface area (Å²) in [6.45, 7) is 2.02. The summed E-state index contributed by atoms with van der Waals surface area (Å²) in [6.07, 6.45) is 0. The van der Waals surface area contributed by atoms with Gasteiger partial charge in [-0.25, -0.2) is 4.39 Å². The summed E-state index contributed by atoms with van der Waals surface area (Å²) >= 11 is 6.66. The molecule has 0 spiro atoms. The third kappa shape index (κ3) is 2.82. The monoisotopic (exact) mass is 371 g/mol. The van der Waals surface area contributed by atoms with Crippen molar-refractivity contribution in [1.82, 2.24) is 0 Å². The van der Waals surface area contributed by atoms with E-state index < -0.39 is 0 Å². The fourth-order valence-electron chi connectivity index (χ4n) is 1.70. The second-order valence-electron chi connectivity index (χ2n) is 4.16. The van der Waals surface area contributed by atoms with Crippen molar-refractivity contribution in [2.24, 2.45) is 5.73 Å². The van der Waals surface area contributed by atoms with E-state index in [9.17, 15) is 4.39 Å². The summed E-state index contributed by atoms with van der Waals surface area (Å²) in [4.78, 5) is 0. The number of aryl methyl sites for hydroxylation is 1. The number of halogens is 3. The first kappa shape index (κ1) is 13.7. The molecule has 1 atom stereocenters. The maximum absolute atomic E-state index is 13.2. The van der Waals surface area contributed by atoms with Gasteiger partial charge >= 0.3 is 0 Å². The van der Waals surface area contributed by atoms with Gasteiger partial charge < -0.3 is 5.73 Å². The van der Waals surface area contributed by atoms with E-state index in [-0.39, 0.29) is 11.9 Å². The molecule has 0 heterocycles. The minimum Gasteiger partial charge on any atom is -0.320 e. The number of hydrogen-bond acceptors (Lipinski definition) is 1. The molecular formula is C14H12Br2FN. The van der Waals surface area contributed by atoms with E-state index in [1.165, 1.54) is 6.07 Å². The standard InChI is InChI=1S/C14H12Br2FN/c1-8-2-3-9(6-11(8)15)14(18)10-4-5-13(17)12(16)7-10/h2-7,14H,18H2,1H3. The van der Waals surface area contributed by atoms with Crippen molar-refractivity contribution in [2.45, 2.75) is 13.0 Å². The molecule has 2 aromatic rings. The molecule has 0 aliphatic carbocycles. The predicted octanol–water partition coefficient (Wildman–Crippen LogP) is 4.71. The van der Waals surface area contributed by atoms with Crippen LogP contribution in [-0.4, -0.2) is 0 Å². The maximum atomic E-state index is 13.2. The van der Waals surface area contributed by atoms with E-state index in [1.807, 2.05) is 25.1 Å². The second-order valence-corrected chi connectivity index (χ2v) is 5.87. The summed E-state index contributed by atoms with van der Waals surface area (Å²) < 4.78 is 14.6. The topological polar surface area (TPSA) is 26.0 Å². The van der Waals surface area contributed by atoms with Gasteiger partial charge in [-0.3, -0.25) is 0 Å². The highest BCUT2D eigenvalue weighted by molar-refractivity contribution is 9.10. The highest BCUT2D eigenvalue weighted by Gasteiger charge is 2.11. The number of benzene rings is 2. The molecule has 0 aromatic heterocycles. The first-order valence-electron chi connectivity index (χ1n) is 5.45. The minimum atomic E-state index is -0.281. The van der Waals surface area contributed by atoms with E-state index in [4.69, 9.17) is 5.73 Å². The lowest BCUT2D eigenvalue weighted by Crippen LogP contribution is -2.12. The summed E-state index contributed by atoms with van der Waals surface area (Å²) in [5, 5.41) is 0. The zero-order valence-electron chi connectivity index (χ0n) is 9.75. The molecule has 2 aromatic carbocycles. The molecule has 2 N–H and O–H groups in total. The maximum Gasteiger partial charge on any atom is 0.137 e. The quantitative estimate of drug-likeness (QED) is 0.811. The molecule has 0 saturated heterocycles. The lowest BCUT2D eigenvalue weighted by Gasteiger charge is -2.14. The van der Waals surface area contributed by atoms with Crippen molar-refractivity contribution < 1.29 is 4.39 Å². The van der Waals surface area contributed by atoms with Crippen LogP contribution in [-0.2, 0) is 0 Å². The molecule has 0 amide bonds. The van der Waals surface area contributed by atoms with Crippen molar-refractivity contribution >= 4 is 31.9 Å². The molecule has 94 valence electrons. The Hall–Kier alpha value is -0.710. The smallest absolute Gasteiger partial charge is 0.137 e. The lowest BCUT2D eigenvalue weighted by atomic mass is 9.99. The Morgan fingerprint density at radius 3 is 2.11 bits per heavy atom. The minimum absolute atomic E-state index is 0.265. The van der Waals surface area contributed by atoms with Crippen molar-refractivity contribution in [3.8, 4) is 0 Å². The number of rotatable bonds is 2. The third-order valence-electron chi connectivity index (χ3n) is 2.86. The van der Waals surface area contributed by atoms with E-state index in [1.54, 1.807) is 12.1 Å². The fraction of sp³-hybridized carbons (Fsp3) is 0.143. The molecule has 2 rings (SSSR count). The second kappa shape index (κ2) is 5.51. The van der Waals surface area contributed by atoms with Crippen LogP contribution in [0.4, 0.5) is 4.39 Å². The van der Waals surface area contributed by atoms with E-state index in [2.05, 4.69) is 31.9 Å². The highest BCUT2D eigenvalue weighted by atomic mass is 79.9. The number of nitrogens with two attached hydrogens (primary N) is 1. The van der Waals surface area contributed by atoms with Gasteiger partial charge in [-0.05, 0) is 57.7 Å². The molecule has 4 heteroatoms. The van der Waals surface area contributed by atoms with E-state index in [0.29, 0.717) is 4.47 Å². The average molecular weight is 373 g/mol.